The van der Waals surface area contributed by atoms with Crippen LogP contribution >= 0.6 is 0 Å². The van der Waals surface area contributed by atoms with Gasteiger partial charge in [0.05, 0.1) is 0 Å². The molecule has 1 atom stereocenters. The van der Waals surface area contributed by atoms with E-state index in [-0.39, 0.29) is 11.2 Å². The maximum absolute atomic E-state index is 11.3. The number of aromatic amines is 1. The highest BCUT2D eigenvalue weighted by Crippen LogP contribution is 2.08. The maximum Gasteiger partial charge on any atom is 0.328 e. The lowest BCUT2D eigenvalue weighted by Crippen LogP contribution is -2.31. The summed E-state index contributed by atoms with van der Waals surface area (Å²) < 4.78 is 1.55. The van der Waals surface area contributed by atoms with Crippen LogP contribution in [0.1, 0.15) is 6.42 Å². The number of aromatic nitrogens is 2. The summed E-state index contributed by atoms with van der Waals surface area (Å²) in [6, 6.07) is 1.38. The Balaban J connectivity index is 2.16. The van der Waals surface area contributed by atoms with E-state index in [0.717, 1.165) is 19.5 Å². The molecule has 0 aliphatic carbocycles. The van der Waals surface area contributed by atoms with Crippen LogP contribution in [0.3, 0.4) is 0 Å². The molecule has 14 heavy (non-hydrogen) atoms. The molecule has 1 aromatic rings. The minimum absolute atomic E-state index is 0.315. The summed E-state index contributed by atoms with van der Waals surface area (Å²) in [6.45, 7) is 2.65. The van der Waals surface area contributed by atoms with Crippen LogP contribution in [0, 0.1) is 5.92 Å². The van der Waals surface area contributed by atoms with Gasteiger partial charge in [-0.05, 0) is 25.4 Å². The standard InChI is InChI=1S/C9H13N3O2/c13-8-2-4-12(9(14)11-8)6-7-1-3-10-5-7/h2,4,7,10H,1,3,5-6H2,(H,11,13,14). The molecule has 76 valence electrons. The van der Waals surface area contributed by atoms with E-state index in [1.165, 1.54) is 6.07 Å². The third-order valence-electron chi connectivity index (χ3n) is 2.51. The second-order valence-corrected chi connectivity index (χ2v) is 3.62. The van der Waals surface area contributed by atoms with Crippen molar-refractivity contribution < 1.29 is 0 Å². The highest BCUT2D eigenvalue weighted by atomic mass is 16.2. The second-order valence-electron chi connectivity index (χ2n) is 3.62. The van der Waals surface area contributed by atoms with Crippen molar-refractivity contribution in [1.82, 2.24) is 14.9 Å². The molecule has 2 heterocycles. The van der Waals surface area contributed by atoms with Crippen LogP contribution in [0.2, 0.25) is 0 Å². The number of hydrogen-bond donors (Lipinski definition) is 2. The fourth-order valence-corrected chi connectivity index (χ4v) is 1.74. The number of hydrogen-bond acceptors (Lipinski definition) is 3. The first-order chi connectivity index (χ1) is 6.75. The first-order valence-corrected chi connectivity index (χ1v) is 4.76. The van der Waals surface area contributed by atoms with Gasteiger partial charge >= 0.3 is 5.69 Å². The van der Waals surface area contributed by atoms with Crippen molar-refractivity contribution in [2.24, 2.45) is 5.92 Å². The third-order valence-corrected chi connectivity index (χ3v) is 2.51. The molecule has 0 radical (unpaired) electrons. The molecule has 0 spiro atoms. The van der Waals surface area contributed by atoms with Crippen LogP contribution in [0.25, 0.3) is 0 Å². The molecular weight excluding hydrogens is 182 g/mol. The first-order valence-electron chi connectivity index (χ1n) is 4.76. The van der Waals surface area contributed by atoms with E-state index in [9.17, 15) is 9.59 Å². The summed E-state index contributed by atoms with van der Waals surface area (Å²) in [5, 5.41) is 3.24. The summed E-state index contributed by atoms with van der Waals surface area (Å²) in [6.07, 6.45) is 2.64. The van der Waals surface area contributed by atoms with Gasteiger partial charge in [0.25, 0.3) is 5.56 Å². The highest BCUT2D eigenvalue weighted by Gasteiger charge is 2.15. The van der Waals surface area contributed by atoms with E-state index >= 15 is 0 Å². The van der Waals surface area contributed by atoms with Crippen molar-refractivity contribution >= 4 is 0 Å². The topological polar surface area (TPSA) is 66.9 Å². The van der Waals surface area contributed by atoms with Gasteiger partial charge in [-0.2, -0.15) is 0 Å². The van der Waals surface area contributed by atoms with E-state index in [4.69, 9.17) is 0 Å². The molecule has 1 aromatic heterocycles. The van der Waals surface area contributed by atoms with Gasteiger partial charge in [0.2, 0.25) is 0 Å². The minimum atomic E-state index is -0.337. The molecule has 5 nitrogen and oxygen atoms in total. The predicted molar refractivity (Wildman–Crippen MR) is 52.3 cm³/mol. The van der Waals surface area contributed by atoms with Gasteiger partial charge < -0.3 is 9.88 Å². The van der Waals surface area contributed by atoms with E-state index in [0.29, 0.717) is 12.5 Å². The zero-order chi connectivity index (χ0) is 9.97. The SMILES string of the molecule is O=c1ccn(CC2CCNC2)c(=O)[nH]1. The number of nitrogens with zero attached hydrogens (tertiary/aromatic N) is 1. The zero-order valence-electron chi connectivity index (χ0n) is 7.82. The van der Waals surface area contributed by atoms with E-state index in [1.54, 1.807) is 10.8 Å². The molecular formula is C9H13N3O2. The van der Waals surface area contributed by atoms with Crippen LogP contribution < -0.4 is 16.6 Å². The van der Waals surface area contributed by atoms with Crippen LogP contribution in [-0.2, 0) is 6.54 Å². The maximum atomic E-state index is 11.3. The summed E-state index contributed by atoms with van der Waals surface area (Å²) in [5.41, 5.74) is -0.653. The van der Waals surface area contributed by atoms with Gasteiger partial charge in [0.15, 0.2) is 0 Å². The Hall–Kier alpha value is -1.36. The van der Waals surface area contributed by atoms with Crippen molar-refractivity contribution in [2.45, 2.75) is 13.0 Å². The highest BCUT2D eigenvalue weighted by molar-refractivity contribution is 4.84. The average Bonchev–Trinajstić information content (AvgIpc) is 2.62. The van der Waals surface area contributed by atoms with Gasteiger partial charge in [-0.15, -0.1) is 0 Å². The van der Waals surface area contributed by atoms with Gasteiger partial charge in [-0.3, -0.25) is 9.78 Å². The van der Waals surface area contributed by atoms with Crippen molar-refractivity contribution in [1.29, 1.82) is 0 Å². The van der Waals surface area contributed by atoms with E-state index in [2.05, 4.69) is 10.3 Å². The molecule has 1 unspecified atom stereocenters. The number of rotatable bonds is 2. The molecule has 2 rings (SSSR count). The molecule has 2 N–H and O–H groups in total. The molecule has 1 aliphatic rings. The average molecular weight is 195 g/mol. The Kier molecular flexibility index (Phi) is 2.49. The van der Waals surface area contributed by atoms with E-state index in [1.807, 2.05) is 0 Å². The second kappa shape index (κ2) is 3.79. The number of H-pyrrole nitrogens is 1. The normalized spacial score (nSPS) is 21.3. The van der Waals surface area contributed by atoms with Crippen LogP contribution in [0.4, 0.5) is 0 Å². The predicted octanol–water partition coefficient (Wildman–Crippen LogP) is -0.854. The first kappa shape index (κ1) is 9.21. The third kappa shape index (κ3) is 1.93. The lowest BCUT2D eigenvalue weighted by molar-refractivity contribution is 0.465. The van der Waals surface area contributed by atoms with E-state index < -0.39 is 0 Å². The van der Waals surface area contributed by atoms with Crippen molar-refractivity contribution in [3.8, 4) is 0 Å². The summed E-state index contributed by atoms with van der Waals surface area (Å²) in [4.78, 5) is 24.4. The van der Waals surface area contributed by atoms with Crippen molar-refractivity contribution in [3.63, 3.8) is 0 Å². The van der Waals surface area contributed by atoms with Gasteiger partial charge in [-0.25, -0.2) is 4.79 Å². The van der Waals surface area contributed by atoms with Crippen LogP contribution in [-0.4, -0.2) is 22.6 Å². The zero-order valence-corrected chi connectivity index (χ0v) is 7.82. The molecule has 0 aromatic carbocycles. The molecule has 1 saturated heterocycles. The largest absolute Gasteiger partial charge is 0.328 e. The molecule has 0 bridgehead atoms. The fourth-order valence-electron chi connectivity index (χ4n) is 1.74. The Morgan fingerprint density at radius 2 is 2.36 bits per heavy atom. The summed E-state index contributed by atoms with van der Waals surface area (Å²) >= 11 is 0. The molecule has 0 saturated carbocycles. The lowest BCUT2D eigenvalue weighted by atomic mass is 10.1. The molecule has 0 amide bonds. The smallest absolute Gasteiger partial charge is 0.316 e. The lowest BCUT2D eigenvalue weighted by Gasteiger charge is -2.09. The summed E-state index contributed by atoms with van der Waals surface area (Å²) in [7, 11) is 0. The Bertz CT molecular complexity index is 415. The Labute approximate surface area is 80.8 Å². The minimum Gasteiger partial charge on any atom is -0.316 e. The molecule has 5 heteroatoms. The quantitative estimate of drug-likeness (QED) is 0.645. The molecule has 1 aliphatic heterocycles. The summed E-state index contributed by atoms with van der Waals surface area (Å²) in [5.74, 6) is 0.499. The van der Waals surface area contributed by atoms with Crippen molar-refractivity contribution in [3.05, 3.63) is 33.1 Å². The van der Waals surface area contributed by atoms with Crippen LogP contribution in [0.5, 0.6) is 0 Å². The fraction of sp³-hybridized carbons (Fsp3) is 0.556. The number of nitrogens with one attached hydrogen (secondary N) is 2. The Morgan fingerprint density at radius 1 is 1.50 bits per heavy atom. The van der Waals surface area contributed by atoms with Crippen molar-refractivity contribution in [2.75, 3.05) is 13.1 Å². The van der Waals surface area contributed by atoms with Crippen LogP contribution in [0.15, 0.2) is 21.9 Å². The van der Waals surface area contributed by atoms with Gasteiger partial charge in [0, 0.05) is 18.8 Å². The van der Waals surface area contributed by atoms with Gasteiger partial charge in [-0.1, -0.05) is 0 Å². The molecule has 1 fully saturated rings. The monoisotopic (exact) mass is 195 g/mol. The Morgan fingerprint density at radius 3 is 3.00 bits per heavy atom. The van der Waals surface area contributed by atoms with Gasteiger partial charge in [0.1, 0.15) is 0 Å².